The number of aryl methyl sites for hydroxylation is 1. The second kappa shape index (κ2) is 24.2. The molecule has 9 rings (SSSR count). The largest absolute Gasteiger partial charge is 0.510 e. The molecule has 22 nitrogen and oxygen atoms in total. The lowest BCUT2D eigenvalue weighted by Crippen LogP contribution is -2.52. The van der Waals surface area contributed by atoms with Gasteiger partial charge in [-0.15, -0.1) is 0 Å². The van der Waals surface area contributed by atoms with Crippen LogP contribution in [-0.4, -0.2) is 100 Å². The number of amides is 7. The van der Waals surface area contributed by atoms with Crippen LogP contribution in [0.4, 0.5) is 14.9 Å². The van der Waals surface area contributed by atoms with Crippen LogP contribution in [-0.2, 0) is 90.8 Å². The number of aromatic nitrogens is 2. The van der Waals surface area contributed by atoms with Crippen LogP contribution in [0.3, 0.4) is 0 Å². The van der Waals surface area contributed by atoms with Crippen LogP contribution in [0.2, 0.25) is 0 Å². The topological polar surface area (TPSA) is 306 Å². The summed E-state index contributed by atoms with van der Waals surface area (Å²) in [5.74, 6) is -5.02. The Kier molecular flexibility index (Phi) is 17.0. The molecule has 1 aliphatic carbocycles. The average molecular weight is 1110 g/mol. The molecular weight excluding hydrogens is 1050 g/mol. The maximum Gasteiger partial charge on any atom is 0.510 e. The Balaban J connectivity index is 0.747. The lowest BCUT2D eigenvalue weighted by Gasteiger charge is -2.35. The number of fused-ring (bicyclic) bond motifs is 5. The smallest absolute Gasteiger partial charge is 0.457 e. The van der Waals surface area contributed by atoms with Crippen molar-refractivity contribution in [2.75, 3.05) is 31.5 Å². The van der Waals surface area contributed by atoms with E-state index in [-0.39, 0.29) is 86.2 Å². The molecule has 3 aliphatic heterocycles. The summed E-state index contributed by atoms with van der Waals surface area (Å²) in [7, 11) is 0. The summed E-state index contributed by atoms with van der Waals surface area (Å²) >= 11 is 0. The van der Waals surface area contributed by atoms with E-state index in [1.807, 2.05) is 0 Å². The molecule has 3 aromatic carbocycles. The second-order valence-electron chi connectivity index (χ2n) is 20.7. The Morgan fingerprint density at radius 3 is 2.32 bits per heavy atom. The first-order valence-corrected chi connectivity index (χ1v) is 26.9. The van der Waals surface area contributed by atoms with Crippen LogP contribution in [0.5, 0.6) is 0 Å². The highest BCUT2D eigenvalue weighted by atomic mass is 19.1. The number of imide groups is 1. The number of cyclic esters (lactones) is 1. The third-order valence-corrected chi connectivity index (χ3v) is 15.2. The first-order chi connectivity index (χ1) is 38.8. The molecule has 0 saturated carbocycles. The van der Waals surface area contributed by atoms with Crippen LogP contribution in [0.25, 0.3) is 22.3 Å². The molecule has 4 aliphatic rings. The van der Waals surface area contributed by atoms with E-state index in [0.29, 0.717) is 77.9 Å². The number of likely N-dealkylation sites (tertiary alicyclic amines) is 1. The van der Waals surface area contributed by atoms with Gasteiger partial charge in [0.25, 0.3) is 5.56 Å². The number of rotatable bonds is 21. The minimum Gasteiger partial charge on any atom is -0.457 e. The number of benzene rings is 3. The van der Waals surface area contributed by atoms with E-state index in [2.05, 4.69) is 26.6 Å². The number of hydrogen-bond acceptors (Lipinski definition) is 15. The number of halogens is 1. The highest BCUT2D eigenvalue weighted by Crippen LogP contribution is 2.46. The SMILES string of the molecule is CC[C@@]1(OC(=O)OCc2ccc(NC(=O)CNC(=O)[C@H](Cc3ccccc3)NC(=O)CNC(=O)CNC(=O)CCCCCN3C(=O)CC(C)C3=O)cc2)C(=O)OCc2c1cc1n(c2=O)Cc2c-1nc1cc(F)c(C)c3c1c2[C@@H](N)CC3. The van der Waals surface area contributed by atoms with Crippen molar-refractivity contribution in [1.29, 1.82) is 0 Å². The number of hydrogen-bond donors (Lipinski definition) is 6. The number of nitrogens with zero attached hydrogens (tertiary/aromatic N) is 3. The van der Waals surface area contributed by atoms with Crippen LogP contribution in [0.1, 0.15) is 109 Å². The van der Waals surface area contributed by atoms with Crippen LogP contribution < -0.4 is 37.9 Å². The maximum absolute atomic E-state index is 15.2. The first kappa shape index (κ1) is 56.8. The van der Waals surface area contributed by atoms with Gasteiger partial charge in [-0.2, -0.15) is 0 Å². The third kappa shape index (κ3) is 12.2. The van der Waals surface area contributed by atoms with Gasteiger partial charge in [0.15, 0.2) is 0 Å². The molecule has 5 aromatic rings. The minimum absolute atomic E-state index is 0.0509. The zero-order valence-corrected chi connectivity index (χ0v) is 45.0. The fourth-order valence-corrected chi connectivity index (χ4v) is 10.9. The van der Waals surface area contributed by atoms with Gasteiger partial charge >= 0.3 is 12.1 Å². The number of ether oxygens (including phenoxy) is 3. The Hall–Kier alpha value is -8.86. The molecule has 0 bridgehead atoms. The van der Waals surface area contributed by atoms with Gasteiger partial charge in [-0.3, -0.25) is 43.3 Å². The normalized spacial score (nSPS) is 18.0. The lowest BCUT2D eigenvalue weighted by molar-refractivity contribution is -0.175. The van der Waals surface area contributed by atoms with Crippen molar-refractivity contribution >= 4 is 70.1 Å². The molecule has 1 fully saturated rings. The fourth-order valence-electron chi connectivity index (χ4n) is 10.9. The molecule has 5 heterocycles. The van der Waals surface area contributed by atoms with Crippen LogP contribution in [0.15, 0.2) is 71.5 Å². The molecule has 1 unspecified atom stereocenters. The Morgan fingerprint density at radius 2 is 1.59 bits per heavy atom. The van der Waals surface area contributed by atoms with E-state index in [1.54, 1.807) is 69.3 Å². The van der Waals surface area contributed by atoms with Crippen molar-refractivity contribution in [2.45, 2.75) is 116 Å². The molecule has 2 aromatic heterocycles. The number of anilines is 1. The average Bonchev–Trinajstić information content (AvgIpc) is 2.46. The van der Waals surface area contributed by atoms with Gasteiger partial charge in [0, 0.05) is 66.0 Å². The van der Waals surface area contributed by atoms with E-state index in [0.717, 1.165) is 22.1 Å². The highest BCUT2D eigenvalue weighted by Gasteiger charge is 2.51. The summed E-state index contributed by atoms with van der Waals surface area (Å²) in [5.41, 5.74) is 9.97. The van der Waals surface area contributed by atoms with Gasteiger partial charge in [-0.1, -0.05) is 62.7 Å². The standard InChI is InChI=1S/C58H62FN9O13/c1-4-58(39-23-44-52-37(28-68(44)55(76)38(39)30-79-56(58)77)50-41(60)19-18-36-32(3)40(59)24-42(66-52)51(36)50)81-57(78)80-29-34-14-16-35(17-15-34)64-47(71)27-63-53(74)43(22-33-11-7-5-8-12-33)65-48(72)26-62-46(70)25-61-45(69)13-9-6-10-20-67-49(73)21-31(2)54(67)75/h5,7-8,11-12,14-17,23-24,31,41,43H,4,6,9-10,13,18-22,25-30,60H2,1-3H3,(H,61,69)(H,62,70)(H,63,74)(H,64,71)(H,65,72)/t31?,41-,43-,58-/m0/s1. The molecule has 1 saturated heterocycles. The molecule has 81 heavy (non-hydrogen) atoms. The van der Waals surface area contributed by atoms with Crippen LogP contribution >= 0.6 is 0 Å². The number of nitrogens with two attached hydrogens (primary N) is 1. The van der Waals surface area contributed by atoms with Crippen molar-refractivity contribution in [3.63, 3.8) is 0 Å². The summed E-state index contributed by atoms with van der Waals surface area (Å²) in [4.78, 5) is 136. The van der Waals surface area contributed by atoms with Crippen molar-refractivity contribution in [2.24, 2.45) is 11.7 Å². The summed E-state index contributed by atoms with van der Waals surface area (Å²) < 4.78 is 33.5. The van der Waals surface area contributed by atoms with Crippen LogP contribution in [0, 0.1) is 18.7 Å². The molecule has 23 heteroatoms. The number of pyridine rings is 2. The summed E-state index contributed by atoms with van der Waals surface area (Å²) in [5, 5.41) is 13.5. The summed E-state index contributed by atoms with van der Waals surface area (Å²) in [6, 6.07) is 16.4. The van der Waals surface area contributed by atoms with Crippen molar-refractivity contribution in [3.05, 3.63) is 127 Å². The Morgan fingerprint density at radius 1 is 0.864 bits per heavy atom. The fraction of sp³-hybridized carbons (Fsp3) is 0.397. The predicted molar refractivity (Wildman–Crippen MR) is 289 cm³/mol. The Bertz CT molecular complexity index is 3440. The van der Waals surface area contributed by atoms with E-state index in [9.17, 15) is 47.9 Å². The van der Waals surface area contributed by atoms with Gasteiger partial charge < -0.3 is 51.1 Å². The second-order valence-corrected chi connectivity index (χ2v) is 20.7. The third-order valence-electron chi connectivity index (χ3n) is 15.2. The molecule has 4 atom stereocenters. The van der Waals surface area contributed by atoms with E-state index in [1.165, 1.54) is 27.7 Å². The number of esters is 1. The van der Waals surface area contributed by atoms with Gasteiger partial charge in [0.2, 0.25) is 47.0 Å². The number of unbranched alkanes of at least 4 members (excludes halogenated alkanes) is 2. The van der Waals surface area contributed by atoms with E-state index >= 15 is 4.39 Å². The maximum atomic E-state index is 15.2. The van der Waals surface area contributed by atoms with Crippen molar-refractivity contribution < 1.29 is 61.8 Å². The lowest BCUT2D eigenvalue weighted by atomic mass is 9.82. The summed E-state index contributed by atoms with van der Waals surface area (Å²) in [6.07, 6.45) is 1.82. The molecule has 424 valence electrons. The minimum atomic E-state index is -2.07. The monoisotopic (exact) mass is 1110 g/mol. The zero-order chi connectivity index (χ0) is 57.7. The van der Waals surface area contributed by atoms with Gasteiger partial charge in [-0.05, 0) is 85.0 Å². The number of carbonyl (C=O) groups is 9. The van der Waals surface area contributed by atoms with Gasteiger partial charge in [-0.25, -0.2) is 19.0 Å². The number of carbonyl (C=O) groups excluding carboxylic acids is 9. The quantitative estimate of drug-likeness (QED) is 0.0339. The van der Waals surface area contributed by atoms with E-state index < -0.39 is 78.4 Å². The van der Waals surface area contributed by atoms with Crippen molar-refractivity contribution in [1.82, 2.24) is 35.7 Å². The molecule has 7 N–H and O–H groups in total. The zero-order valence-electron chi connectivity index (χ0n) is 45.0. The predicted octanol–water partition coefficient (Wildman–Crippen LogP) is 3.80. The van der Waals surface area contributed by atoms with E-state index in [4.69, 9.17) is 24.9 Å². The molecule has 0 spiro atoms. The van der Waals surface area contributed by atoms with Gasteiger partial charge in [0.1, 0.15) is 25.1 Å². The first-order valence-electron chi connectivity index (χ1n) is 26.9. The molecule has 0 radical (unpaired) electrons. The van der Waals surface area contributed by atoms with Crippen molar-refractivity contribution in [3.8, 4) is 11.4 Å². The highest BCUT2D eigenvalue weighted by molar-refractivity contribution is 6.03. The molecular formula is C58H62FN9O13. The number of nitrogens with one attached hydrogen (secondary N) is 5. The molecule has 7 amide bonds. The summed E-state index contributed by atoms with van der Waals surface area (Å²) in [6.45, 7) is 3.41. The Labute approximate surface area is 464 Å². The van der Waals surface area contributed by atoms with Gasteiger partial charge in [0.05, 0.1) is 48.6 Å².